The molecular formula is C31H35BrFN5O5. The van der Waals surface area contributed by atoms with Crippen LogP contribution in [0.5, 0.6) is 5.75 Å². The zero-order chi connectivity index (χ0) is 30.4. The Morgan fingerprint density at radius 2 is 1.79 bits per heavy atom. The zero-order valence-corrected chi connectivity index (χ0v) is 25.8. The number of nitrogens with one attached hydrogen (secondary N) is 1. The number of rotatable bonds is 8. The molecule has 3 aliphatic heterocycles. The summed E-state index contributed by atoms with van der Waals surface area (Å²) in [4.78, 5) is 59.8. The molecule has 4 amide bonds. The van der Waals surface area contributed by atoms with Crippen LogP contribution in [0.1, 0.15) is 73.1 Å². The van der Waals surface area contributed by atoms with Crippen molar-refractivity contribution in [2.75, 3.05) is 24.5 Å². The summed E-state index contributed by atoms with van der Waals surface area (Å²) in [6, 6.07) is 6.09. The fourth-order valence-corrected chi connectivity index (χ4v) is 6.97. The van der Waals surface area contributed by atoms with Crippen LogP contribution in [0.3, 0.4) is 0 Å². The molecular weight excluding hydrogens is 621 g/mol. The van der Waals surface area contributed by atoms with E-state index in [2.05, 4.69) is 45.0 Å². The summed E-state index contributed by atoms with van der Waals surface area (Å²) in [6.45, 7) is 6.95. The molecule has 4 heterocycles. The summed E-state index contributed by atoms with van der Waals surface area (Å²) in [5, 5.41) is 2.21. The summed E-state index contributed by atoms with van der Waals surface area (Å²) in [7, 11) is 0. The van der Waals surface area contributed by atoms with Crippen molar-refractivity contribution in [3.63, 3.8) is 0 Å². The van der Waals surface area contributed by atoms with Gasteiger partial charge >= 0.3 is 0 Å². The summed E-state index contributed by atoms with van der Waals surface area (Å²) >= 11 is 3.27. The smallest absolute Gasteiger partial charge is 0.262 e. The molecule has 6 rings (SSSR count). The highest BCUT2D eigenvalue weighted by atomic mass is 79.9. The first-order chi connectivity index (χ1) is 20.6. The van der Waals surface area contributed by atoms with E-state index in [1.807, 2.05) is 4.90 Å². The van der Waals surface area contributed by atoms with Crippen LogP contribution in [0.25, 0.3) is 0 Å². The van der Waals surface area contributed by atoms with Gasteiger partial charge in [0.2, 0.25) is 11.8 Å². The second-order valence-corrected chi connectivity index (χ2v) is 13.1. The molecule has 1 atom stereocenters. The Morgan fingerprint density at radius 1 is 1.07 bits per heavy atom. The number of piperidine rings is 2. The van der Waals surface area contributed by atoms with Crippen molar-refractivity contribution in [1.29, 1.82) is 0 Å². The largest absolute Gasteiger partial charge is 0.490 e. The van der Waals surface area contributed by atoms with E-state index in [4.69, 9.17) is 4.74 Å². The van der Waals surface area contributed by atoms with Crippen molar-refractivity contribution >= 4 is 45.4 Å². The number of nitrogens with zero attached hydrogens (tertiary/aromatic N) is 4. The van der Waals surface area contributed by atoms with Gasteiger partial charge in [0, 0.05) is 61.6 Å². The van der Waals surface area contributed by atoms with Gasteiger partial charge in [0.1, 0.15) is 17.9 Å². The third-order valence-electron chi connectivity index (χ3n) is 9.09. The maximum Gasteiger partial charge on any atom is 0.262 e. The van der Waals surface area contributed by atoms with Crippen molar-refractivity contribution < 1.29 is 28.3 Å². The SMILES string of the molecule is CC(C)N(CC1CCN(c2ncc(Br)cc2F)CC1)[C@H]1C[C@H](Oc2ccc3c(c2)C(=O)N(C2CCC(=O)NC2=O)C3=O)C1. The number of imide groups is 2. The number of carbonyl (C=O) groups is 4. The second-order valence-electron chi connectivity index (χ2n) is 12.2. The van der Waals surface area contributed by atoms with Gasteiger partial charge in [-0.3, -0.25) is 34.3 Å². The highest BCUT2D eigenvalue weighted by Gasteiger charge is 2.45. The Bertz CT molecular complexity index is 1460. The van der Waals surface area contributed by atoms with E-state index in [1.54, 1.807) is 24.4 Å². The van der Waals surface area contributed by atoms with Gasteiger partial charge in [-0.1, -0.05) is 0 Å². The van der Waals surface area contributed by atoms with Crippen LogP contribution < -0.4 is 15.0 Å². The van der Waals surface area contributed by atoms with Crippen molar-refractivity contribution in [1.82, 2.24) is 20.1 Å². The van der Waals surface area contributed by atoms with Gasteiger partial charge in [0.15, 0.2) is 11.6 Å². The number of benzene rings is 1. The van der Waals surface area contributed by atoms with Crippen molar-refractivity contribution in [3.05, 3.63) is 51.9 Å². The lowest BCUT2D eigenvalue weighted by molar-refractivity contribution is -0.136. The Hall–Kier alpha value is -3.38. The van der Waals surface area contributed by atoms with Gasteiger partial charge in [-0.2, -0.15) is 0 Å². The number of halogens is 2. The van der Waals surface area contributed by atoms with Crippen LogP contribution in [-0.4, -0.2) is 82.3 Å². The topological polar surface area (TPSA) is 112 Å². The molecule has 1 saturated carbocycles. The lowest BCUT2D eigenvalue weighted by atomic mass is 9.85. The van der Waals surface area contributed by atoms with E-state index in [0.717, 1.165) is 50.2 Å². The molecule has 12 heteroatoms. The second kappa shape index (κ2) is 12.0. The molecule has 1 N–H and O–H groups in total. The average Bonchev–Trinajstić information content (AvgIpc) is 3.19. The minimum atomic E-state index is -0.991. The van der Waals surface area contributed by atoms with Gasteiger partial charge < -0.3 is 9.64 Å². The highest BCUT2D eigenvalue weighted by Crippen LogP contribution is 2.36. The van der Waals surface area contributed by atoms with E-state index in [0.29, 0.717) is 34.0 Å². The maximum atomic E-state index is 14.4. The third kappa shape index (κ3) is 5.91. The zero-order valence-electron chi connectivity index (χ0n) is 24.2. The van der Waals surface area contributed by atoms with Crippen LogP contribution in [-0.2, 0) is 9.59 Å². The quantitative estimate of drug-likeness (QED) is 0.426. The number of ether oxygens (including phenoxy) is 1. The lowest BCUT2D eigenvalue weighted by Gasteiger charge is -2.46. The van der Waals surface area contributed by atoms with Crippen molar-refractivity contribution in [2.24, 2.45) is 5.92 Å². The molecule has 4 aliphatic rings. The van der Waals surface area contributed by atoms with Crippen LogP contribution in [0.4, 0.5) is 10.2 Å². The van der Waals surface area contributed by atoms with Crippen LogP contribution in [0.15, 0.2) is 34.9 Å². The molecule has 228 valence electrons. The standard InChI is InChI=1S/C31H35BrFN5O5/c1-17(2)37(16-18-7-9-36(10-8-18)28-25(33)11-19(32)15-34-28)20-12-22(13-20)43-21-3-4-23-24(14-21)31(42)38(30(23)41)26-5-6-27(39)35-29(26)40/h3-4,11,14-15,17-18,20,22,26H,5-10,12-13,16H2,1-2H3,(H,35,39,40)/t20-,22-,26?. The first kappa shape index (κ1) is 29.7. The van der Waals surface area contributed by atoms with Gasteiger partial charge in [-0.05, 0) is 79.2 Å². The van der Waals surface area contributed by atoms with E-state index < -0.39 is 29.7 Å². The first-order valence-electron chi connectivity index (χ1n) is 14.9. The molecule has 43 heavy (non-hydrogen) atoms. The molecule has 1 aliphatic carbocycles. The summed E-state index contributed by atoms with van der Waals surface area (Å²) < 4.78 is 21.3. The Labute approximate surface area is 258 Å². The lowest BCUT2D eigenvalue weighted by Crippen LogP contribution is -2.54. The van der Waals surface area contributed by atoms with Crippen LogP contribution in [0.2, 0.25) is 0 Å². The fraction of sp³-hybridized carbons (Fsp3) is 0.516. The van der Waals surface area contributed by atoms with Gasteiger partial charge in [0.25, 0.3) is 11.8 Å². The number of carbonyl (C=O) groups excluding carboxylic acids is 4. The molecule has 2 aromatic rings. The molecule has 2 saturated heterocycles. The maximum absolute atomic E-state index is 14.4. The molecule has 1 aromatic carbocycles. The Morgan fingerprint density at radius 3 is 2.47 bits per heavy atom. The number of hydrogen-bond donors (Lipinski definition) is 1. The average molecular weight is 657 g/mol. The number of pyridine rings is 1. The predicted molar refractivity (Wildman–Crippen MR) is 159 cm³/mol. The molecule has 3 fully saturated rings. The fourth-order valence-electron chi connectivity index (χ4n) is 6.67. The van der Waals surface area contributed by atoms with E-state index in [9.17, 15) is 23.6 Å². The molecule has 0 radical (unpaired) electrons. The molecule has 1 unspecified atom stereocenters. The molecule has 1 aromatic heterocycles. The van der Waals surface area contributed by atoms with E-state index in [1.165, 1.54) is 6.07 Å². The monoisotopic (exact) mass is 655 g/mol. The number of anilines is 1. The highest BCUT2D eigenvalue weighted by molar-refractivity contribution is 9.10. The summed E-state index contributed by atoms with van der Waals surface area (Å²) in [5.74, 6) is -0.942. The van der Waals surface area contributed by atoms with Gasteiger partial charge in [-0.15, -0.1) is 0 Å². The number of amides is 4. The van der Waals surface area contributed by atoms with Crippen molar-refractivity contribution in [2.45, 2.75) is 76.6 Å². The molecule has 0 bridgehead atoms. The summed E-state index contributed by atoms with van der Waals surface area (Å²) in [6.07, 6.45) is 5.50. The first-order valence-corrected chi connectivity index (χ1v) is 15.7. The van der Waals surface area contributed by atoms with E-state index >= 15 is 0 Å². The molecule has 10 nitrogen and oxygen atoms in total. The number of hydrogen-bond acceptors (Lipinski definition) is 8. The number of aromatic nitrogens is 1. The van der Waals surface area contributed by atoms with Crippen LogP contribution >= 0.6 is 15.9 Å². The molecule has 0 spiro atoms. The van der Waals surface area contributed by atoms with Crippen LogP contribution in [0, 0.1) is 11.7 Å². The summed E-state index contributed by atoms with van der Waals surface area (Å²) in [5.41, 5.74) is 0.459. The Kier molecular flexibility index (Phi) is 8.25. The van der Waals surface area contributed by atoms with Gasteiger partial charge in [-0.25, -0.2) is 9.37 Å². The normalized spacial score (nSPS) is 24.5. The van der Waals surface area contributed by atoms with Gasteiger partial charge in [0.05, 0.1) is 11.1 Å². The third-order valence-corrected chi connectivity index (χ3v) is 9.52. The Balaban J connectivity index is 1.02. The minimum absolute atomic E-state index is 0.00366. The van der Waals surface area contributed by atoms with Crippen molar-refractivity contribution in [3.8, 4) is 5.75 Å². The number of fused-ring (bicyclic) bond motifs is 1. The minimum Gasteiger partial charge on any atom is -0.490 e. The predicted octanol–water partition coefficient (Wildman–Crippen LogP) is 3.92. The van der Waals surface area contributed by atoms with E-state index in [-0.39, 0.29) is 35.9 Å².